The zero-order valence-corrected chi connectivity index (χ0v) is 16.5. The van der Waals surface area contributed by atoms with Crippen molar-refractivity contribution in [2.75, 3.05) is 18.5 Å². The molecule has 1 unspecified atom stereocenters. The first-order chi connectivity index (χ1) is 11.4. The summed E-state index contributed by atoms with van der Waals surface area (Å²) in [4.78, 5) is 4.10. The number of nitrogens with two attached hydrogens (primary N) is 1. The number of aliphatic hydroxyl groups excluding tert-OH is 1. The first-order valence-corrected chi connectivity index (χ1v) is 7.64. The number of ether oxygens (including phenoxy) is 1. The summed E-state index contributed by atoms with van der Waals surface area (Å²) in [5, 5.41) is 12.9. The number of aliphatic imine (C=N–C) groups is 1. The van der Waals surface area contributed by atoms with Gasteiger partial charge in [-0.2, -0.15) is 0 Å². The molecule has 0 aromatic heterocycles. The molecule has 25 heavy (non-hydrogen) atoms. The summed E-state index contributed by atoms with van der Waals surface area (Å²) >= 11 is 0. The van der Waals surface area contributed by atoms with E-state index < -0.39 is 6.10 Å². The summed E-state index contributed by atoms with van der Waals surface area (Å²) in [7, 11) is 0. The summed E-state index contributed by atoms with van der Waals surface area (Å²) in [6.45, 7) is 4.15. The number of rotatable bonds is 6. The molecule has 0 aliphatic carbocycles. The lowest BCUT2D eigenvalue weighted by Gasteiger charge is -2.12. The highest BCUT2D eigenvalue weighted by Crippen LogP contribution is 2.13. The number of guanidine groups is 1. The molecule has 0 fully saturated rings. The third-order valence-corrected chi connectivity index (χ3v) is 3.22. The molecule has 2 rings (SSSR count). The first kappa shape index (κ1) is 21.2. The van der Waals surface area contributed by atoms with Gasteiger partial charge in [0.05, 0.1) is 6.54 Å². The quantitative estimate of drug-likeness (QED) is 0.352. The fourth-order valence-electron chi connectivity index (χ4n) is 2.21. The molecule has 0 aliphatic rings. The van der Waals surface area contributed by atoms with Gasteiger partial charge in [0.1, 0.15) is 24.3 Å². The van der Waals surface area contributed by atoms with Crippen molar-refractivity contribution >= 4 is 35.6 Å². The van der Waals surface area contributed by atoms with Crippen molar-refractivity contribution in [2.45, 2.75) is 20.0 Å². The Kier molecular flexibility index (Phi) is 8.64. The molecular weight excluding hydrogens is 436 g/mol. The standard InChI is InChI=1S/C18H22FN3O2.HI/c1-12-7-13(2)9-15(8-12)22-18(20)21-10-16(23)11-24-17-5-3-14(19)4-6-17;/h3-9,16,23H,10-11H2,1-2H3,(H3,20,21,22);1H. The maximum Gasteiger partial charge on any atom is 0.193 e. The molecule has 4 N–H and O–H groups in total. The van der Waals surface area contributed by atoms with Crippen molar-refractivity contribution in [3.05, 3.63) is 59.4 Å². The van der Waals surface area contributed by atoms with Crippen LogP contribution in [0, 0.1) is 19.7 Å². The van der Waals surface area contributed by atoms with Crippen LogP contribution in [-0.2, 0) is 0 Å². The van der Waals surface area contributed by atoms with Gasteiger partial charge < -0.3 is 20.9 Å². The van der Waals surface area contributed by atoms with Crippen LogP contribution in [0.1, 0.15) is 11.1 Å². The fourth-order valence-corrected chi connectivity index (χ4v) is 2.21. The molecule has 0 spiro atoms. The zero-order chi connectivity index (χ0) is 17.5. The minimum atomic E-state index is -0.811. The lowest BCUT2D eigenvalue weighted by atomic mass is 10.1. The Balaban J connectivity index is 0.00000312. The third kappa shape index (κ3) is 7.70. The maximum absolute atomic E-state index is 12.8. The van der Waals surface area contributed by atoms with Crippen LogP contribution in [0.2, 0.25) is 0 Å². The Morgan fingerprint density at radius 2 is 1.80 bits per heavy atom. The number of aryl methyl sites for hydroxylation is 2. The Hall–Kier alpha value is -1.87. The first-order valence-electron chi connectivity index (χ1n) is 7.64. The molecule has 0 saturated carbocycles. The second kappa shape index (κ2) is 10.2. The topological polar surface area (TPSA) is 79.9 Å². The minimum absolute atomic E-state index is 0. The van der Waals surface area contributed by atoms with E-state index in [9.17, 15) is 9.50 Å². The predicted molar refractivity (Wildman–Crippen MR) is 109 cm³/mol. The van der Waals surface area contributed by atoms with Gasteiger partial charge in [0, 0.05) is 5.69 Å². The van der Waals surface area contributed by atoms with Crippen molar-refractivity contribution in [1.82, 2.24) is 0 Å². The van der Waals surface area contributed by atoms with Crippen LogP contribution in [0.4, 0.5) is 10.1 Å². The summed E-state index contributed by atoms with van der Waals surface area (Å²) in [5.74, 6) is 0.374. The monoisotopic (exact) mass is 459 g/mol. The number of anilines is 1. The van der Waals surface area contributed by atoms with Crippen molar-refractivity contribution in [1.29, 1.82) is 0 Å². The Morgan fingerprint density at radius 1 is 1.20 bits per heavy atom. The van der Waals surface area contributed by atoms with Crippen LogP contribution in [0.25, 0.3) is 0 Å². The van der Waals surface area contributed by atoms with Crippen LogP contribution in [0.15, 0.2) is 47.5 Å². The van der Waals surface area contributed by atoms with E-state index in [1.807, 2.05) is 26.0 Å². The van der Waals surface area contributed by atoms with E-state index in [-0.39, 0.29) is 48.9 Å². The Bertz CT molecular complexity index is 688. The number of aliphatic hydroxyl groups is 1. The molecule has 0 amide bonds. The number of hydrogen-bond donors (Lipinski definition) is 3. The van der Waals surface area contributed by atoms with Gasteiger partial charge in [-0.15, -0.1) is 24.0 Å². The summed E-state index contributed by atoms with van der Waals surface area (Å²) in [6.07, 6.45) is -0.811. The van der Waals surface area contributed by atoms with Gasteiger partial charge in [0.15, 0.2) is 5.96 Å². The molecule has 2 aromatic rings. The normalized spacial score (nSPS) is 12.2. The summed E-state index contributed by atoms with van der Waals surface area (Å²) < 4.78 is 18.1. The number of hydrogen-bond acceptors (Lipinski definition) is 3. The zero-order valence-electron chi connectivity index (χ0n) is 14.2. The average molecular weight is 459 g/mol. The van der Waals surface area contributed by atoms with Crippen LogP contribution in [0.5, 0.6) is 5.75 Å². The van der Waals surface area contributed by atoms with E-state index in [0.717, 1.165) is 16.8 Å². The maximum atomic E-state index is 12.8. The van der Waals surface area contributed by atoms with Gasteiger partial charge >= 0.3 is 0 Å². The van der Waals surface area contributed by atoms with Gasteiger partial charge in [0.2, 0.25) is 0 Å². The van der Waals surface area contributed by atoms with Crippen molar-refractivity contribution in [3.8, 4) is 5.75 Å². The predicted octanol–water partition coefficient (Wildman–Crippen LogP) is 3.23. The van der Waals surface area contributed by atoms with Crippen molar-refractivity contribution < 1.29 is 14.2 Å². The molecular formula is C18H23FIN3O2. The number of nitrogens with one attached hydrogen (secondary N) is 1. The van der Waals surface area contributed by atoms with Gasteiger partial charge in [0.25, 0.3) is 0 Å². The van der Waals surface area contributed by atoms with Crippen LogP contribution >= 0.6 is 24.0 Å². The molecule has 5 nitrogen and oxygen atoms in total. The molecule has 0 bridgehead atoms. The largest absolute Gasteiger partial charge is 0.491 e. The Morgan fingerprint density at radius 3 is 2.40 bits per heavy atom. The SMILES string of the molecule is Cc1cc(C)cc(NC(N)=NCC(O)COc2ccc(F)cc2)c1.I. The second-order valence-corrected chi connectivity index (χ2v) is 5.65. The lowest BCUT2D eigenvalue weighted by Crippen LogP contribution is -2.27. The van der Waals surface area contributed by atoms with E-state index >= 15 is 0 Å². The van der Waals surface area contributed by atoms with Gasteiger partial charge in [-0.25, -0.2) is 4.39 Å². The number of benzene rings is 2. The number of nitrogens with zero attached hydrogens (tertiary/aromatic N) is 1. The van der Waals surface area contributed by atoms with E-state index in [4.69, 9.17) is 10.5 Å². The van der Waals surface area contributed by atoms with E-state index in [2.05, 4.69) is 16.4 Å². The molecule has 7 heteroatoms. The second-order valence-electron chi connectivity index (χ2n) is 5.65. The summed E-state index contributed by atoms with van der Waals surface area (Å²) in [5.41, 5.74) is 8.92. The molecule has 0 aliphatic heterocycles. The van der Waals surface area contributed by atoms with E-state index in [1.165, 1.54) is 24.3 Å². The molecule has 2 aromatic carbocycles. The van der Waals surface area contributed by atoms with Crippen LogP contribution < -0.4 is 15.8 Å². The molecule has 0 saturated heterocycles. The van der Waals surface area contributed by atoms with Crippen molar-refractivity contribution in [3.63, 3.8) is 0 Å². The third-order valence-electron chi connectivity index (χ3n) is 3.22. The molecule has 0 heterocycles. The highest BCUT2D eigenvalue weighted by molar-refractivity contribution is 14.0. The van der Waals surface area contributed by atoms with Crippen LogP contribution in [0.3, 0.4) is 0 Å². The molecule has 136 valence electrons. The van der Waals surface area contributed by atoms with Gasteiger partial charge in [-0.05, 0) is 61.4 Å². The van der Waals surface area contributed by atoms with E-state index in [0.29, 0.717) is 5.75 Å². The summed E-state index contributed by atoms with van der Waals surface area (Å²) in [6, 6.07) is 11.6. The average Bonchev–Trinajstić information content (AvgIpc) is 2.51. The smallest absolute Gasteiger partial charge is 0.193 e. The van der Waals surface area contributed by atoms with Crippen LogP contribution in [-0.4, -0.2) is 30.3 Å². The lowest BCUT2D eigenvalue weighted by molar-refractivity contribution is 0.114. The Labute approximate surface area is 164 Å². The fraction of sp³-hybridized carbons (Fsp3) is 0.278. The minimum Gasteiger partial charge on any atom is -0.491 e. The highest BCUT2D eigenvalue weighted by atomic mass is 127. The molecule has 1 atom stereocenters. The van der Waals surface area contributed by atoms with E-state index in [1.54, 1.807) is 0 Å². The van der Waals surface area contributed by atoms with Gasteiger partial charge in [-0.1, -0.05) is 6.07 Å². The van der Waals surface area contributed by atoms with Crippen molar-refractivity contribution in [2.24, 2.45) is 10.7 Å². The highest BCUT2D eigenvalue weighted by Gasteiger charge is 2.05. The van der Waals surface area contributed by atoms with Gasteiger partial charge in [-0.3, -0.25) is 4.99 Å². The molecule has 0 radical (unpaired) electrons. The number of halogens is 2.